The molecule has 1 N–H and O–H groups in total. The minimum Gasteiger partial charge on any atom is -0.478 e. The van der Waals surface area contributed by atoms with Crippen molar-refractivity contribution < 1.29 is 23.9 Å². The quantitative estimate of drug-likeness (QED) is 0.284. The van der Waals surface area contributed by atoms with Crippen molar-refractivity contribution in [3.8, 4) is 16.8 Å². The van der Waals surface area contributed by atoms with Crippen LogP contribution in [0, 0.1) is 5.82 Å². The molecule has 10 nitrogen and oxygen atoms in total. The van der Waals surface area contributed by atoms with Crippen LogP contribution in [0.15, 0.2) is 85.6 Å². The van der Waals surface area contributed by atoms with Gasteiger partial charge >= 0.3 is 5.97 Å². The number of fused-ring (bicyclic) bond motifs is 1. The summed E-state index contributed by atoms with van der Waals surface area (Å²) >= 11 is 5.92. The van der Waals surface area contributed by atoms with Crippen molar-refractivity contribution in [2.24, 2.45) is 0 Å². The zero-order chi connectivity index (χ0) is 30.1. The Morgan fingerprint density at radius 2 is 1.74 bits per heavy atom. The van der Waals surface area contributed by atoms with Crippen LogP contribution in [0.3, 0.4) is 0 Å². The highest BCUT2D eigenvalue weighted by molar-refractivity contribution is 6.30. The third kappa shape index (κ3) is 5.38. The van der Waals surface area contributed by atoms with Gasteiger partial charge in [-0.05, 0) is 52.9 Å². The summed E-state index contributed by atoms with van der Waals surface area (Å²) in [6.07, 6.45) is 6.51. The molecule has 1 aliphatic rings. The summed E-state index contributed by atoms with van der Waals surface area (Å²) in [5, 5.41) is 17.1. The first-order valence-electron chi connectivity index (χ1n) is 13.2. The second kappa shape index (κ2) is 11.5. The molecule has 2 aromatic heterocycles. The third-order valence-corrected chi connectivity index (χ3v) is 7.62. The van der Waals surface area contributed by atoms with Crippen molar-refractivity contribution in [2.45, 2.75) is 18.9 Å². The number of carbonyl (C=O) groups excluding carboxylic acids is 2. The largest absolute Gasteiger partial charge is 0.478 e. The predicted molar refractivity (Wildman–Crippen MR) is 153 cm³/mol. The Morgan fingerprint density at radius 3 is 2.49 bits per heavy atom. The number of rotatable bonds is 7. The number of Topliss-reactive ketones (excluding diaryl/α,β-unsaturated/α-hetero) is 1. The molecule has 1 atom stereocenters. The first-order valence-corrected chi connectivity index (χ1v) is 13.6. The van der Waals surface area contributed by atoms with Gasteiger partial charge in [-0.2, -0.15) is 0 Å². The molecule has 43 heavy (non-hydrogen) atoms. The van der Waals surface area contributed by atoms with Crippen molar-refractivity contribution in [3.63, 3.8) is 0 Å². The summed E-state index contributed by atoms with van der Waals surface area (Å²) in [6, 6.07) is 15.0. The average molecular weight is 597 g/mol. The summed E-state index contributed by atoms with van der Waals surface area (Å²) in [7, 11) is 0. The Balaban J connectivity index is 1.38. The van der Waals surface area contributed by atoms with Gasteiger partial charge in [-0.15, -0.1) is 5.10 Å². The molecule has 1 amide bonds. The number of benzene rings is 3. The molecule has 0 radical (unpaired) electrons. The van der Waals surface area contributed by atoms with Crippen molar-refractivity contribution in [1.29, 1.82) is 0 Å². The standard InChI is InChI=1S/C31H22ClFN6O4/c32-24-5-2-6-26(28(24)33)39-16-25(36-37-39)30(41)38-12-11-22-21(20-14-34-17-35-15-20)3-1-4-23(22)29(38)27(40)13-18-7-9-19(10-8-18)31(42)43/h1-10,14-17,29H,11-13H2,(H,42,43). The topological polar surface area (TPSA) is 131 Å². The van der Waals surface area contributed by atoms with Gasteiger partial charge < -0.3 is 10.0 Å². The number of carboxylic acids is 1. The number of carboxylic acid groups (broad SMARTS) is 1. The van der Waals surface area contributed by atoms with Crippen LogP contribution in [0.2, 0.25) is 5.02 Å². The number of ketones is 1. The van der Waals surface area contributed by atoms with Gasteiger partial charge in [0.25, 0.3) is 5.91 Å². The van der Waals surface area contributed by atoms with E-state index in [4.69, 9.17) is 11.6 Å². The molecule has 3 heterocycles. The molecule has 6 rings (SSSR count). The first kappa shape index (κ1) is 27.9. The number of hydrogen-bond donors (Lipinski definition) is 1. The highest BCUT2D eigenvalue weighted by Crippen LogP contribution is 2.37. The lowest BCUT2D eigenvalue weighted by Crippen LogP contribution is -2.44. The predicted octanol–water partition coefficient (Wildman–Crippen LogP) is 4.77. The second-order valence-corrected chi connectivity index (χ2v) is 10.3. The molecule has 1 aliphatic heterocycles. The summed E-state index contributed by atoms with van der Waals surface area (Å²) in [6.45, 7) is 0.198. The van der Waals surface area contributed by atoms with Gasteiger partial charge in [-0.3, -0.25) is 9.59 Å². The van der Waals surface area contributed by atoms with Crippen molar-refractivity contribution in [2.75, 3.05) is 6.54 Å². The zero-order valence-corrected chi connectivity index (χ0v) is 23.1. The fraction of sp³-hybridized carbons (Fsp3) is 0.129. The molecular formula is C31H22ClFN6O4. The van der Waals surface area contributed by atoms with E-state index in [0.29, 0.717) is 17.5 Å². The molecular weight excluding hydrogens is 575 g/mol. The van der Waals surface area contributed by atoms with E-state index in [1.165, 1.54) is 41.7 Å². The second-order valence-electron chi connectivity index (χ2n) is 9.92. The van der Waals surface area contributed by atoms with Crippen LogP contribution in [-0.4, -0.2) is 59.2 Å². The Bertz CT molecular complexity index is 1860. The fourth-order valence-corrected chi connectivity index (χ4v) is 5.47. The maximum atomic E-state index is 14.6. The van der Waals surface area contributed by atoms with Crippen LogP contribution < -0.4 is 0 Å². The van der Waals surface area contributed by atoms with E-state index >= 15 is 0 Å². The molecule has 12 heteroatoms. The number of aromatic nitrogens is 5. The molecule has 0 saturated carbocycles. The molecule has 214 valence electrons. The number of carbonyl (C=O) groups is 3. The number of aromatic carboxylic acids is 1. The molecule has 0 aliphatic carbocycles. The lowest BCUT2D eigenvalue weighted by atomic mass is 9.84. The first-order chi connectivity index (χ1) is 20.8. The minimum atomic E-state index is -1.07. The summed E-state index contributed by atoms with van der Waals surface area (Å²) in [5.74, 6) is -2.60. The van der Waals surface area contributed by atoms with Gasteiger partial charge in [-0.25, -0.2) is 23.8 Å². The van der Waals surface area contributed by atoms with Crippen LogP contribution in [0.1, 0.15) is 43.6 Å². The summed E-state index contributed by atoms with van der Waals surface area (Å²) in [4.78, 5) is 48.9. The molecule has 0 spiro atoms. The van der Waals surface area contributed by atoms with Crippen LogP contribution in [0.4, 0.5) is 4.39 Å². The molecule has 3 aromatic carbocycles. The van der Waals surface area contributed by atoms with Gasteiger partial charge in [0.05, 0.1) is 16.8 Å². The van der Waals surface area contributed by atoms with Crippen molar-refractivity contribution >= 4 is 29.3 Å². The molecule has 5 aromatic rings. The van der Waals surface area contributed by atoms with E-state index in [9.17, 15) is 23.9 Å². The van der Waals surface area contributed by atoms with Gasteiger partial charge in [0.15, 0.2) is 17.3 Å². The zero-order valence-electron chi connectivity index (χ0n) is 22.4. The minimum absolute atomic E-state index is 0.0233. The van der Waals surface area contributed by atoms with Gasteiger partial charge in [-0.1, -0.05) is 53.2 Å². The van der Waals surface area contributed by atoms with Crippen molar-refractivity contribution in [3.05, 3.63) is 124 Å². The number of amides is 1. The maximum Gasteiger partial charge on any atom is 0.335 e. The SMILES string of the molecule is O=C(O)c1ccc(CC(=O)C2c3cccc(-c4cncnc4)c3CCN2C(=O)c2cn(-c3cccc(Cl)c3F)nn2)cc1. The van der Waals surface area contributed by atoms with Crippen LogP contribution in [0.5, 0.6) is 0 Å². The van der Waals surface area contributed by atoms with E-state index in [2.05, 4.69) is 20.3 Å². The molecule has 0 bridgehead atoms. The fourth-order valence-electron chi connectivity index (χ4n) is 5.30. The van der Waals surface area contributed by atoms with Crippen LogP contribution >= 0.6 is 11.6 Å². The third-order valence-electron chi connectivity index (χ3n) is 7.33. The van der Waals surface area contributed by atoms with Gasteiger partial charge in [0, 0.05) is 30.9 Å². The lowest BCUT2D eigenvalue weighted by Gasteiger charge is -2.37. The number of nitrogens with zero attached hydrogens (tertiary/aromatic N) is 6. The highest BCUT2D eigenvalue weighted by atomic mass is 35.5. The van der Waals surface area contributed by atoms with E-state index in [-0.39, 0.29) is 40.7 Å². The van der Waals surface area contributed by atoms with E-state index in [0.717, 1.165) is 21.4 Å². The average Bonchev–Trinajstić information content (AvgIpc) is 3.52. The Labute approximate surface area is 249 Å². The van der Waals surface area contributed by atoms with Gasteiger partial charge in [0.1, 0.15) is 18.1 Å². The number of halogens is 2. The van der Waals surface area contributed by atoms with Crippen LogP contribution in [-0.2, 0) is 17.6 Å². The molecule has 0 saturated heterocycles. The van der Waals surface area contributed by atoms with E-state index in [1.54, 1.807) is 30.6 Å². The lowest BCUT2D eigenvalue weighted by molar-refractivity contribution is -0.123. The summed E-state index contributed by atoms with van der Waals surface area (Å²) < 4.78 is 15.8. The highest BCUT2D eigenvalue weighted by Gasteiger charge is 2.38. The van der Waals surface area contributed by atoms with Gasteiger partial charge in [0.2, 0.25) is 0 Å². The maximum absolute atomic E-state index is 14.6. The number of hydrogen-bond acceptors (Lipinski definition) is 7. The van der Waals surface area contributed by atoms with Crippen LogP contribution in [0.25, 0.3) is 16.8 Å². The Hall–Kier alpha value is -5.29. The smallest absolute Gasteiger partial charge is 0.335 e. The Morgan fingerprint density at radius 1 is 1.00 bits per heavy atom. The monoisotopic (exact) mass is 596 g/mol. The summed E-state index contributed by atoms with van der Waals surface area (Å²) in [5.41, 5.74) is 3.84. The van der Waals surface area contributed by atoms with E-state index < -0.39 is 23.7 Å². The normalized spacial score (nSPS) is 14.3. The molecule has 0 fully saturated rings. The molecule has 1 unspecified atom stereocenters. The van der Waals surface area contributed by atoms with Crippen molar-refractivity contribution in [1.82, 2.24) is 29.9 Å². The Kier molecular flexibility index (Phi) is 7.47. The van der Waals surface area contributed by atoms with E-state index in [1.807, 2.05) is 18.2 Å².